The van der Waals surface area contributed by atoms with Crippen molar-refractivity contribution < 1.29 is 14.7 Å². The van der Waals surface area contributed by atoms with Gasteiger partial charge in [-0.25, -0.2) is 4.79 Å². The predicted octanol–water partition coefficient (Wildman–Crippen LogP) is 2.79. The van der Waals surface area contributed by atoms with Crippen LogP contribution in [0, 0.1) is 5.92 Å². The summed E-state index contributed by atoms with van der Waals surface area (Å²) in [6.07, 6.45) is 8.36. The minimum absolute atomic E-state index is 0.0705. The Bertz CT molecular complexity index is 785. The molecule has 0 bridgehead atoms. The maximum absolute atomic E-state index is 13.1. The standard InChI is InChI=1S/C20H23N3O3/c24-19(15-8-6-14(7-9-15)13-22-11-3-10-21-22)23-17-5-2-1-4-16(17)12-18(23)20(25)26/h3,6-11,16-18H,1-2,4-5,12-13H2,(H,25,26)/t16-,17-,18+/m1/s1. The normalized spacial score (nSPS) is 25.1. The minimum atomic E-state index is -0.886. The smallest absolute Gasteiger partial charge is 0.326 e. The number of carbonyl (C=O) groups excluding carboxylic acids is 1. The summed E-state index contributed by atoms with van der Waals surface area (Å²) in [5.41, 5.74) is 1.61. The Morgan fingerprint density at radius 2 is 1.92 bits per heavy atom. The lowest BCUT2D eigenvalue weighted by molar-refractivity contribution is -0.141. The van der Waals surface area contributed by atoms with Crippen LogP contribution in [0.25, 0.3) is 0 Å². The van der Waals surface area contributed by atoms with Crippen LogP contribution in [0.2, 0.25) is 0 Å². The highest BCUT2D eigenvalue weighted by molar-refractivity contribution is 5.97. The van der Waals surface area contributed by atoms with Gasteiger partial charge in [-0.1, -0.05) is 25.0 Å². The highest BCUT2D eigenvalue weighted by Crippen LogP contribution is 2.40. The van der Waals surface area contributed by atoms with Gasteiger partial charge in [-0.05, 0) is 48.9 Å². The van der Waals surface area contributed by atoms with Gasteiger partial charge in [0.25, 0.3) is 5.91 Å². The van der Waals surface area contributed by atoms with Crippen molar-refractivity contribution in [3.05, 3.63) is 53.9 Å². The Balaban J connectivity index is 1.54. The third kappa shape index (κ3) is 3.11. The van der Waals surface area contributed by atoms with Crippen molar-refractivity contribution in [2.24, 2.45) is 5.92 Å². The van der Waals surface area contributed by atoms with Crippen LogP contribution in [0.3, 0.4) is 0 Å². The largest absolute Gasteiger partial charge is 0.480 e. The lowest BCUT2D eigenvalue weighted by atomic mass is 9.84. The highest BCUT2D eigenvalue weighted by atomic mass is 16.4. The summed E-state index contributed by atoms with van der Waals surface area (Å²) in [5.74, 6) is -0.714. The fraction of sp³-hybridized carbons (Fsp3) is 0.450. The van der Waals surface area contributed by atoms with Gasteiger partial charge in [0.2, 0.25) is 0 Å². The number of amides is 1. The Morgan fingerprint density at radius 1 is 1.15 bits per heavy atom. The summed E-state index contributed by atoms with van der Waals surface area (Å²) in [6, 6.07) is 8.68. The number of carboxylic acid groups (broad SMARTS) is 1. The number of aliphatic carboxylic acids is 1. The summed E-state index contributed by atoms with van der Waals surface area (Å²) in [5, 5.41) is 13.8. The lowest BCUT2D eigenvalue weighted by Gasteiger charge is -2.33. The molecule has 6 nitrogen and oxygen atoms in total. The second kappa shape index (κ2) is 6.94. The first-order valence-corrected chi connectivity index (χ1v) is 9.25. The molecule has 1 saturated heterocycles. The molecular formula is C20H23N3O3. The Labute approximate surface area is 152 Å². The first-order valence-electron chi connectivity index (χ1n) is 9.25. The van der Waals surface area contributed by atoms with Crippen LogP contribution in [0.5, 0.6) is 0 Å². The van der Waals surface area contributed by atoms with Gasteiger partial charge in [0.15, 0.2) is 0 Å². The molecular weight excluding hydrogens is 330 g/mol. The summed E-state index contributed by atoms with van der Waals surface area (Å²) in [7, 11) is 0. The maximum Gasteiger partial charge on any atom is 0.326 e. The van der Waals surface area contributed by atoms with E-state index in [0.29, 0.717) is 24.4 Å². The molecule has 2 aromatic rings. The van der Waals surface area contributed by atoms with Crippen molar-refractivity contribution in [3.8, 4) is 0 Å². The van der Waals surface area contributed by atoms with Crippen LogP contribution in [-0.4, -0.2) is 43.7 Å². The zero-order valence-corrected chi connectivity index (χ0v) is 14.6. The van der Waals surface area contributed by atoms with E-state index in [4.69, 9.17) is 0 Å². The van der Waals surface area contributed by atoms with E-state index >= 15 is 0 Å². The number of hydrogen-bond acceptors (Lipinski definition) is 3. The minimum Gasteiger partial charge on any atom is -0.480 e. The van der Waals surface area contributed by atoms with Crippen LogP contribution < -0.4 is 0 Å². The van der Waals surface area contributed by atoms with Gasteiger partial charge in [0, 0.05) is 24.0 Å². The maximum atomic E-state index is 13.1. The molecule has 6 heteroatoms. The van der Waals surface area contributed by atoms with Gasteiger partial charge < -0.3 is 10.0 Å². The fourth-order valence-electron chi connectivity index (χ4n) is 4.46. The van der Waals surface area contributed by atoms with Crippen molar-refractivity contribution >= 4 is 11.9 Å². The number of likely N-dealkylation sites (tertiary alicyclic amines) is 1. The molecule has 0 radical (unpaired) electrons. The van der Waals surface area contributed by atoms with E-state index in [1.165, 1.54) is 0 Å². The second-order valence-electron chi connectivity index (χ2n) is 7.31. The number of rotatable bonds is 4. The number of nitrogens with zero attached hydrogens (tertiary/aromatic N) is 3. The van der Waals surface area contributed by atoms with E-state index in [9.17, 15) is 14.7 Å². The summed E-state index contributed by atoms with van der Waals surface area (Å²) >= 11 is 0. The highest BCUT2D eigenvalue weighted by Gasteiger charge is 2.47. The zero-order valence-electron chi connectivity index (χ0n) is 14.6. The zero-order chi connectivity index (χ0) is 18.1. The fourth-order valence-corrected chi connectivity index (χ4v) is 4.46. The Kier molecular flexibility index (Phi) is 4.49. The number of fused-ring (bicyclic) bond motifs is 1. The predicted molar refractivity (Wildman–Crippen MR) is 95.7 cm³/mol. The van der Waals surface area contributed by atoms with E-state index in [0.717, 1.165) is 31.2 Å². The third-order valence-electron chi connectivity index (χ3n) is 5.71. The van der Waals surface area contributed by atoms with Crippen LogP contribution in [0.4, 0.5) is 0 Å². The Morgan fingerprint density at radius 3 is 2.62 bits per heavy atom. The van der Waals surface area contributed by atoms with Crippen molar-refractivity contribution in [2.45, 2.75) is 50.7 Å². The van der Waals surface area contributed by atoms with Crippen molar-refractivity contribution in [1.29, 1.82) is 0 Å². The summed E-state index contributed by atoms with van der Waals surface area (Å²) < 4.78 is 1.82. The molecule has 1 aliphatic heterocycles. The van der Waals surface area contributed by atoms with Crippen molar-refractivity contribution in [1.82, 2.24) is 14.7 Å². The monoisotopic (exact) mass is 353 g/mol. The molecule has 2 heterocycles. The van der Waals surface area contributed by atoms with Gasteiger partial charge in [0.05, 0.1) is 6.54 Å². The molecule has 2 fully saturated rings. The van der Waals surface area contributed by atoms with Crippen LogP contribution in [0.15, 0.2) is 42.7 Å². The van der Waals surface area contributed by atoms with E-state index in [2.05, 4.69) is 5.10 Å². The third-order valence-corrected chi connectivity index (χ3v) is 5.71. The molecule has 4 rings (SSSR count). The van der Waals surface area contributed by atoms with E-state index in [-0.39, 0.29) is 11.9 Å². The lowest BCUT2D eigenvalue weighted by Crippen LogP contribution is -2.46. The molecule has 2 aliphatic rings. The van der Waals surface area contributed by atoms with Gasteiger partial charge >= 0.3 is 5.97 Å². The number of benzene rings is 1. The number of aromatic nitrogens is 2. The SMILES string of the molecule is O=C(O)[C@@H]1C[C@H]2CCCC[C@H]2N1C(=O)c1ccc(Cn2cccn2)cc1. The van der Waals surface area contributed by atoms with E-state index < -0.39 is 12.0 Å². The molecule has 1 saturated carbocycles. The average molecular weight is 353 g/mol. The van der Waals surface area contributed by atoms with Gasteiger partial charge in [-0.2, -0.15) is 5.10 Å². The quantitative estimate of drug-likeness (QED) is 0.917. The Hall–Kier alpha value is -2.63. The molecule has 26 heavy (non-hydrogen) atoms. The van der Waals surface area contributed by atoms with E-state index in [1.807, 2.05) is 29.1 Å². The van der Waals surface area contributed by atoms with E-state index in [1.54, 1.807) is 23.2 Å². The molecule has 0 unspecified atom stereocenters. The molecule has 3 atom stereocenters. The molecule has 136 valence electrons. The molecule has 1 N–H and O–H groups in total. The van der Waals surface area contributed by atoms with Crippen molar-refractivity contribution in [2.75, 3.05) is 0 Å². The topological polar surface area (TPSA) is 75.4 Å². The molecule has 1 aromatic carbocycles. The van der Waals surface area contributed by atoms with Gasteiger partial charge in [-0.3, -0.25) is 9.48 Å². The first kappa shape index (κ1) is 16.8. The molecule has 1 aromatic heterocycles. The average Bonchev–Trinajstić information content (AvgIpc) is 3.29. The van der Waals surface area contributed by atoms with Crippen LogP contribution in [0.1, 0.15) is 48.0 Å². The molecule has 1 amide bonds. The molecule has 1 aliphatic carbocycles. The summed E-state index contributed by atoms with van der Waals surface area (Å²) in [4.78, 5) is 26.5. The number of hydrogen-bond donors (Lipinski definition) is 1. The van der Waals surface area contributed by atoms with Crippen LogP contribution in [-0.2, 0) is 11.3 Å². The second-order valence-corrected chi connectivity index (χ2v) is 7.31. The number of carbonyl (C=O) groups is 2. The first-order chi connectivity index (χ1) is 12.6. The van der Waals surface area contributed by atoms with Gasteiger partial charge in [-0.15, -0.1) is 0 Å². The van der Waals surface area contributed by atoms with Crippen LogP contribution >= 0.6 is 0 Å². The van der Waals surface area contributed by atoms with Gasteiger partial charge in [0.1, 0.15) is 6.04 Å². The summed E-state index contributed by atoms with van der Waals surface area (Å²) in [6.45, 7) is 0.646. The molecule has 0 spiro atoms. The van der Waals surface area contributed by atoms with Crippen molar-refractivity contribution in [3.63, 3.8) is 0 Å². The number of carboxylic acids is 1.